The van der Waals surface area contributed by atoms with Crippen molar-refractivity contribution in [1.82, 2.24) is 19.6 Å². The number of primary amides is 1. The third-order valence-corrected chi connectivity index (χ3v) is 4.36. The van der Waals surface area contributed by atoms with Gasteiger partial charge in [0.15, 0.2) is 11.8 Å². The van der Waals surface area contributed by atoms with Gasteiger partial charge < -0.3 is 15.4 Å². The highest BCUT2D eigenvalue weighted by molar-refractivity contribution is 5.80. The largest absolute Gasteiger partial charge is 0.367 e. The number of hydrogen-bond acceptors (Lipinski definition) is 6. The number of carbonyl (C=O) groups is 1. The normalized spacial score (nSPS) is 17.6. The van der Waals surface area contributed by atoms with E-state index in [1.54, 1.807) is 24.5 Å². The SMILES string of the molecule is NC(=O)C1CN(c2cc(-c3cnc4ccc(C(F)F)nn34)ccn2)CCO1. The number of anilines is 1. The number of rotatable bonds is 4. The maximum Gasteiger partial charge on any atom is 0.282 e. The van der Waals surface area contributed by atoms with E-state index in [9.17, 15) is 13.6 Å². The first-order valence-electron chi connectivity index (χ1n) is 8.28. The Labute approximate surface area is 152 Å². The van der Waals surface area contributed by atoms with Gasteiger partial charge in [0.05, 0.1) is 25.0 Å². The Morgan fingerprint density at radius 2 is 2.15 bits per heavy atom. The number of fused-ring (bicyclic) bond motifs is 1. The van der Waals surface area contributed by atoms with Crippen molar-refractivity contribution in [1.29, 1.82) is 0 Å². The molecule has 0 spiro atoms. The van der Waals surface area contributed by atoms with Gasteiger partial charge in [-0.1, -0.05) is 0 Å². The predicted octanol–water partition coefficient (Wildman–Crippen LogP) is 1.42. The lowest BCUT2D eigenvalue weighted by Gasteiger charge is -2.32. The molecule has 140 valence electrons. The smallest absolute Gasteiger partial charge is 0.282 e. The van der Waals surface area contributed by atoms with Crippen LogP contribution < -0.4 is 10.6 Å². The summed E-state index contributed by atoms with van der Waals surface area (Å²) in [5.74, 6) is 0.100. The van der Waals surface area contributed by atoms with Gasteiger partial charge in [0.25, 0.3) is 6.43 Å². The van der Waals surface area contributed by atoms with Crippen LogP contribution in [0.4, 0.5) is 14.6 Å². The zero-order valence-electron chi connectivity index (χ0n) is 14.1. The molecule has 1 fully saturated rings. The lowest BCUT2D eigenvalue weighted by Crippen LogP contribution is -2.48. The highest BCUT2D eigenvalue weighted by Crippen LogP contribution is 2.25. The van der Waals surface area contributed by atoms with Gasteiger partial charge in [0.2, 0.25) is 5.91 Å². The van der Waals surface area contributed by atoms with Gasteiger partial charge in [-0.15, -0.1) is 0 Å². The molecule has 0 bridgehead atoms. The highest BCUT2D eigenvalue weighted by Gasteiger charge is 2.26. The van der Waals surface area contributed by atoms with Crippen LogP contribution in [0.15, 0.2) is 36.7 Å². The summed E-state index contributed by atoms with van der Waals surface area (Å²) in [5, 5.41) is 3.98. The molecule has 0 saturated carbocycles. The van der Waals surface area contributed by atoms with Crippen molar-refractivity contribution in [3.8, 4) is 11.3 Å². The molecule has 8 nitrogen and oxygen atoms in total. The third-order valence-electron chi connectivity index (χ3n) is 4.36. The number of carbonyl (C=O) groups excluding carboxylic acids is 1. The predicted molar refractivity (Wildman–Crippen MR) is 92.3 cm³/mol. The summed E-state index contributed by atoms with van der Waals surface area (Å²) in [6, 6.07) is 6.30. The van der Waals surface area contributed by atoms with Crippen LogP contribution >= 0.6 is 0 Å². The van der Waals surface area contributed by atoms with Gasteiger partial charge in [-0.2, -0.15) is 5.10 Å². The fourth-order valence-electron chi connectivity index (χ4n) is 2.98. The van der Waals surface area contributed by atoms with Crippen LogP contribution in [0.25, 0.3) is 16.9 Å². The minimum absolute atomic E-state index is 0.298. The van der Waals surface area contributed by atoms with Crippen LogP contribution in [0.3, 0.4) is 0 Å². The Kier molecular flexibility index (Phi) is 4.40. The average Bonchev–Trinajstić information content (AvgIpc) is 3.11. The van der Waals surface area contributed by atoms with Crippen LogP contribution in [-0.4, -0.2) is 51.3 Å². The molecule has 1 amide bonds. The van der Waals surface area contributed by atoms with Crippen molar-refractivity contribution in [3.63, 3.8) is 0 Å². The van der Waals surface area contributed by atoms with E-state index in [4.69, 9.17) is 10.5 Å². The quantitative estimate of drug-likeness (QED) is 0.742. The number of amides is 1. The van der Waals surface area contributed by atoms with Crippen LogP contribution in [0.2, 0.25) is 0 Å². The minimum Gasteiger partial charge on any atom is -0.367 e. The molecule has 4 rings (SSSR count). The van der Waals surface area contributed by atoms with Crippen molar-refractivity contribution in [3.05, 3.63) is 42.4 Å². The maximum absolute atomic E-state index is 13.0. The summed E-state index contributed by atoms with van der Waals surface area (Å²) >= 11 is 0. The van der Waals surface area contributed by atoms with Gasteiger partial charge >= 0.3 is 0 Å². The molecular formula is C17H16F2N6O2. The second-order valence-corrected chi connectivity index (χ2v) is 6.08. The second-order valence-electron chi connectivity index (χ2n) is 6.08. The molecule has 1 aliphatic rings. The molecule has 10 heteroatoms. The topological polar surface area (TPSA) is 98.6 Å². The summed E-state index contributed by atoms with van der Waals surface area (Å²) in [6.45, 7) is 1.21. The van der Waals surface area contributed by atoms with Crippen molar-refractivity contribution < 1.29 is 18.3 Å². The summed E-state index contributed by atoms with van der Waals surface area (Å²) in [6.07, 6.45) is -0.190. The Balaban J connectivity index is 1.69. The van der Waals surface area contributed by atoms with Crippen LogP contribution in [-0.2, 0) is 9.53 Å². The monoisotopic (exact) mass is 374 g/mol. The highest BCUT2D eigenvalue weighted by atomic mass is 19.3. The van der Waals surface area contributed by atoms with Crippen molar-refractivity contribution >= 4 is 17.4 Å². The molecule has 3 aromatic rings. The Morgan fingerprint density at radius 1 is 1.30 bits per heavy atom. The summed E-state index contributed by atoms with van der Waals surface area (Å²) in [5.41, 5.74) is 6.75. The lowest BCUT2D eigenvalue weighted by molar-refractivity contribution is -0.130. The van der Waals surface area contributed by atoms with Crippen LogP contribution in [0.1, 0.15) is 12.1 Å². The maximum atomic E-state index is 13.0. The van der Waals surface area contributed by atoms with Gasteiger partial charge in [-0.25, -0.2) is 23.3 Å². The summed E-state index contributed by atoms with van der Waals surface area (Å²) in [4.78, 5) is 21.8. The number of pyridine rings is 1. The first kappa shape index (κ1) is 17.3. The molecule has 0 aromatic carbocycles. The van der Waals surface area contributed by atoms with Crippen molar-refractivity contribution in [2.45, 2.75) is 12.5 Å². The first-order valence-corrected chi connectivity index (χ1v) is 8.28. The molecule has 27 heavy (non-hydrogen) atoms. The zero-order valence-corrected chi connectivity index (χ0v) is 14.1. The first-order chi connectivity index (χ1) is 13.0. The second kappa shape index (κ2) is 6.88. The Morgan fingerprint density at radius 3 is 2.93 bits per heavy atom. The van der Waals surface area contributed by atoms with E-state index < -0.39 is 18.4 Å². The molecule has 1 saturated heterocycles. The summed E-state index contributed by atoms with van der Waals surface area (Å²) < 4.78 is 32.7. The van der Waals surface area contributed by atoms with E-state index in [1.807, 2.05) is 4.90 Å². The van der Waals surface area contributed by atoms with Gasteiger partial charge in [-0.05, 0) is 24.3 Å². The fraction of sp³-hybridized carbons (Fsp3) is 0.294. The van der Waals surface area contributed by atoms with E-state index in [-0.39, 0.29) is 5.69 Å². The lowest BCUT2D eigenvalue weighted by atomic mass is 10.2. The van der Waals surface area contributed by atoms with Crippen molar-refractivity contribution in [2.75, 3.05) is 24.6 Å². The molecule has 1 aliphatic heterocycles. The molecule has 0 radical (unpaired) electrons. The standard InChI is InChI=1S/C17H16F2N6O2/c18-16(19)11-1-2-14-22-8-12(25(14)23-11)10-3-4-21-15(7-10)24-5-6-27-13(9-24)17(20)26/h1-4,7-8,13,16H,5-6,9H2,(H2,20,26). The minimum atomic E-state index is -2.67. The number of nitrogens with zero attached hydrogens (tertiary/aromatic N) is 5. The van der Waals surface area contributed by atoms with Crippen LogP contribution in [0.5, 0.6) is 0 Å². The molecule has 2 N–H and O–H groups in total. The zero-order chi connectivity index (χ0) is 19.0. The van der Waals surface area contributed by atoms with Crippen LogP contribution in [0, 0.1) is 0 Å². The number of alkyl halides is 2. The van der Waals surface area contributed by atoms with E-state index in [0.29, 0.717) is 42.4 Å². The van der Waals surface area contributed by atoms with Gasteiger partial charge in [0, 0.05) is 18.3 Å². The molecule has 0 aliphatic carbocycles. The average molecular weight is 374 g/mol. The van der Waals surface area contributed by atoms with E-state index in [0.717, 1.165) is 0 Å². The number of aromatic nitrogens is 4. The third kappa shape index (κ3) is 3.31. The molecule has 3 aromatic heterocycles. The Bertz CT molecular complexity index is 992. The Hall–Kier alpha value is -3.14. The summed E-state index contributed by atoms with van der Waals surface area (Å²) in [7, 11) is 0. The number of imidazole rings is 1. The number of hydrogen-bond donors (Lipinski definition) is 1. The number of nitrogens with two attached hydrogens (primary N) is 1. The van der Waals surface area contributed by atoms with Crippen molar-refractivity contribution in [2.24, 2.45) is 5.73 Å². The van der Waals surface area contributed by atoms with E-state index in [2.05, 4.69) is 15.1 Å². The van der Waals surface area contributed by atoms with E-state index in [1.165, 1.54) is 16.6 Å². The fourth-order valence-corrected chi connectivity index (χ4v) is 2.98. The molecule has 1 atom stereocenters. The molecular weight excluding hydrogens is 358 g/mol. The van der Waals surface area contributed by atoms with Gasteiger partial charge in [0.1, 0.15) is 11.5 Å². The van der Waals surface area contributed by atoms with Gasteiger partial charge in [-0.3, -0.25) is 4.79 Å². The molecule has 4 heterocycles. The number of morpholine rings is 1. The van der Waals surface area contributed by atoms with E-state index >= 15 is 0 Å². The number of halogens is 2. The number of ether oxygens (including phenoxy) is 1. The molecule has 1 unspecified atom stereocenters.